The topological polar surface area (TPSA) is 71.4 Å². The highest BCUT2D eigenvalue weighted by molar-refractivity contribution is 5.85. The Labute approximate surface area is 104 Å². The van der Waals surface area contributed by atoms with Crippen molar-refractivity contribution in [3.8, 4) is 0 Å². The molecule has 2 N–H and O–H groups in total. The lowest BCUT2D eigenvalue weighted by atomic mass is 10.3. The molecular formula is C12H14N6. The molecule has 0 aliphatic heterocycles. The average Bonchev–Trinajstić information content (AvgIpc) is 3.01. The molecular weight excluding hydrogens is 228 g/mol. The molecule has 18 heavy (non-hydrogen) atoms. The van der Waals surface area contributed by atoms with E-state index >= 15 is 0 Å². The van der Waals surface area contributed by atoms with E-state index in [4.69, 9.17) is 0 Å². The molecule has 0 aliphatic carbocycles. The van der Waals surface area contributed by atoms with Gasteiger partial charge in [-0.15, -0.1) is 0 Å². The summed E-state index contributed by atoms with van der Waals surface area (Å²) in [6.07, 6.45) is 8.00. The van der Waals surface area contributed by atoms with Crippen LogP contribution in [0.4, 0.5) is 5.82 Å². The van der Waals surface area contributed by atoms with Crippen molar-refractivity contribution in [2.75, 3.05) is 11.9 Å². The van der Waals surface area contributed by atoms with Crippen molar-refractivity contribution >= 4 is 16.9 Å². The maximum absolute atomic E-state index is 4.35. The van der Waals surface area contributed by atoms with E-state index in [2.05, 4.69) is 25.3 Å². The summed E-state index contributed by atoms with van der Waals surface area (Å²) in [6.45, 7) is 0.774. The molecule has 0 aliphatic rings. The summed E-state index contributed by atoms with van der Waals surface area (Å²) in [5.41, 5.74) is 1.98. The lowest BCUT2D eigenvalue weighted by Gasteiger charge is -2.05. The van der Waals surface area contributed by atoms with Gasteiger partial charge >= 0.3 is 0 Å². The van der Waals surface area contributed by atoms with Crippen molar-refractivity contribution in [1.82, 2.24) is 24.5 Å². The van der Waals surface area contributed by atoms with E-state index in [1.165, 1.54) is 0 Å². The lowest BCUT2D eigenvalue weighted by Crippen LogP contribution is -2.07. The highest BCUT2D eigenvalue weighted by atomic mass is 15.1. The van der Waals surface area contributed by atoms with Crippen molar-refractivity contribution in [3.05, 3.63) is 36.8 Å². The summed E-state index contributed by atoms with van der Waals surface area (Å²) in [7, 11) is 1.97. The minimum absolute atomic E-state index is 0.774. The van der Waals surface area contributed by atoms with E-state index in [0.717, 1.165) is 35.6 Å². The van der Waals surface area contributed by atoms with Gasteiger partial charge in [0.15, 0.2) is 5.82 Å². The van der Waals surface area contributed by atoms with Crippen LogP contribution in [-0.4, -0.2) is 31.0 Å². The number of nitrogens with one attached hydrogen (secondary N) is 2. The molecule has 3 rings (SSSR count). The normalized spacial score (nSPS) is 10.9. The SMILES string of the molecule is Cn1cnc2c(NCCc3ncc[nH]3)nccc21. The van der Waals surface area contributed by atoms with Crippen molar-refractivity contribution in [2.24, 2.45) is 7.05 Å². The number of aromatic nitrogens is 5. The van der Waals surface area contributed by atoms with Crippen molar-refractivity contribution < 1.29 is 0 Å². The Morgan fingerprint density at radius 3 is 3.06 bits per heavy atom. The molecule has 3 aromatic heterocycles. The number of pyridine rings is 1. The van der Waals surface area contributed by atoms with Gasteiger partial charge in [-0.25, -0.2) is 15.0 Å². The maximum Gasteiger partial charge on any atom is 0.154 e. The van der Waals surface area contributed by atoms with Crippen LogP contribution < -0.4 is 5.32 Å². The Kier molecular flexibility index (Phi) is 2.68. The van der Waals surface area contributed by atoms with E-state index in [1.54, 1.807) is 18.7 Å². The first kappa shape index (κ1) is 10.8. The zero-order valence-electron chi connectivity index (χ0n) is 10.1. The van der Waals surface area contributed by atoms with Crippen LogP contribution in [0.2, 0.25) is 0 Å². The number of imidazole rings is 2. The third-order valence-corrected chi connectivity index (χ3v) is 2.85. The smallest absolute Gasteiger partial charge is 0.154 e. The molecule has 0 amide bonds. The molecule has 0 atom stereocenters. The molecule has 0 saturated heterocycles. The van der Waals surface area contributed by atoms with Crippen LogP contribution in [0, 0.1) is 0 Å². The largest absolute Gasteiger partial charge is 0.368 e. The second kappa shape index (κ2) is 4.48. The highest BCUT2D eigenvalue weighted by Gasteiger charge is 2.06. The zero-order chi connectivity index (χ0) is 12.4. The molecule has 0 bridgehead atoms. The molecule has 0 unspecified atom stereocenters. The highest BCUT2D eigenvalue weighted by Crippen LogP contribution is 2.18. The minimum atomic E-state index is 0.774. The number of aryl methyl sites for hydroxylation is 1. The van der Waals surface area contributed by atoms with Crippen LogP contribution in [0.25, 0.3) is 11.0 Å². The van der Waals surface area contributed by atoms with Crippen LogP contribution in [0.5, 0.6) is 0 Å². The summed E-state index contributed by atoms with van der Waals surface area (Å²) in [5, 5.41) is 3.29. The van der Waals surface area contributed by atoms with E-state index in [-0.39, 0.29) is 0 Å². The summed E-state index contributed by atoms with van der Waals surface area (Å²) in [6, 6.07) is 1.96. The second-order valence-electron chi connectivity index (χ2n) is 4.10. The van der Waals surface area contributed by atoms with Crippen molar-refractivity contribution in [2.45, 2.75) is 6.42 Å². The Balaban J connectivity index is 1.74. The third-order valence-electron chi connectivity index (χ3n) is 2.85. The van der Waals surface area contributed by atoms with E-state index in [0.29, 0.717) is 0 Å². The molecule has 0 spiro atoms. The summed E-state index contributed by atoms with van der Waals surface area (Å²) in [5.74, 6) is 1.79. The first-order valence-electron chi connectivity index (χ1n) is 5.83. The quantitative estimate of drug-likeness (QED) is 0.724. The fraction of sp³-hybridized carbons (Fsp3) is 0.250. The Hall–Kier alpha value is -2.37. The number of aromatic amines is 1. The number of fused-ring (bicyclic) bond motifs is 1. The van der Waals surface area contributed by atoms with Crippen LogP contribution in [-0.2, 0) is 13.5 Å². The molecule has 3 aromatic rings. The molecule has 0 fully saturated rings. The molecule has 3 heterocycles. The predicted octanol–water partition coefficient (Wildman–Crippen LogP) is 1.35. The Morgan fingerprint density at radius 2 is 2.22 bits per heavy atom. The van der Waals surface area contributed by atoms with Crippen molar-refractivity contribution in [1.29, 1.82) is 0 Å². The standard InChI is InChI=1S/C12H14N6/c1-18-8-17-11-9(18)2-4-15-12(11)16-5-3-10-13-6-7-14-10/h2,4,6-8H,3,5H2,1H3,(H,13,14)(H,15,16). The van der Waals surface area contributed by atoms with E-state index in [9.17, 15) is 0 Å². The molecule has 6 nitrogen and oxygen atoms in total. The number of rotatable bonds is 4. The van der Waals surface area contributed by atoms with Crippen LogP contribution in [0.15, 0.2) is 31.0 Å². The van der Waals surface area contributed by atoms with Crippen molar-refractivity contribution in [3.63, 3.8) is 0 Å². The number of anilines is 1. The van der Waals surface area contributed by atoms with Gasteiger partial charge < -0.3 is 14.9 Å². The van der Waals surface area contributed by atoms with Gasteiger partial charge in [0.2, 0.25) is 0 Å². The van der Waals surface area contributed by atoms with Gasteiger partial charge in [-0.2, -0.15) is 0 Å². The van der Waals surface area contributed by atoms with Gasteiger partial charge in [0.1, 0.15) is 11.3 Å². The molecule has 6 heteroatoms. The van der Waals surface area contributed by atoms with Crippen LogP contribution in [0.1, 0.15) is 5.82 Å². The molecule has 0 radical (unpaired) electrons. The lowest BCUT2D eigenvalue weighted by molar-refractivity contribution is 0.923. The van der Waals surface area contributed by atoms with Gasteiger partial charge in [-0.05, 0) is 6.07 Å². The van der Waals surface area contributed by atoms with Gasteiger partial charge in [0.25, 0.3) is 0 Å². The number of hydrogen-bond donors (Lipinski definition) is 2. The first-order chi connectivity index (χ1) is 8.84. The fourth-order valence-electron chi connectivity index (χ4n) is 1.93. The summed E-state index contributed by atoms with van der Waals surface area (Å²) in [4.78, 5) is 15.9. The maximum atomic E-state index is 4.35. The Morgan fingerprint density at radius 1 is 1.28 bits per heavy atom. The summed E-state index contributed by atoms with van der Waals surface area (Å²) >= 11 is 0. The predicted molar refractivity (Wildman–Crippen MR) is 69.3 cm³/mol. The monoisotopic (exact) mass is 242 g/mol. The Bertz CT molecular complexity index is 640. The number of hydrogen-bond acceptors (Lipinski definition) is 4. The number of H-pyrrole nitrogens is 1. The summed E-state index contributed by atoms with van der Waals surface area (Å²) < 4.78 is 1.98. The van der Waals surface area contributed by atoms with E-state index < -0.39 is 0 Å². The van der Waals surface area contributed by atoms with Gasteiger partial charge in [0.05, 0.1) is 11.8 Å². The fourth-order valence-corrected chi connectivity index (χ4v) is 1.93. The average molecular weight is 242 g/mol. The molecule has 0 aromatic carbocycles. The molecule has 0 saturated carbocycles. The van der Waals surface area contributed by atoms with Gasteiger partial charge in [-0.1, -0.05) is 0 Å². The zero-order valence-corrected chi connectivity index (χ0v) is 10.1. The van der Waals surface area contributed by atoms with Crippen LogP contribution >= 0.6 is 0 Å². The third kappa shape index (κ3) is 1.92. The number of nitrogens with zero attached hydrogens (tertiary/aromatic N) is 4. The van der Waals surface area contributed by atoms with Gasteiger partial charge in [0, 0.05) is 38.6 Å². The van der Waals surface area contributed by atoms with Crippen LogP contribution in [0.3, 0.4) is 0 Å². The minimum Gasteiger partial charge on any atom is -0.368 e. The molecule has 92 valence electrons. The van der Waals surface area contributed by atoms with E-state index in [1.807, 2.05) is 23.9 Å². The first-order valence-corrected chi connectivity index (χ1v) is 5.83. The van der Waals surface area contributed by atoms with Gasteiger partial charge in [-0.3, -0.25) is 0 Å². The second-order valence-corrected chi connectivity index (χ2v) is 4.10.